The average Bonchev–Trinajstić information content (AvgIpc) is 3.41. The highest BCUT2D eigenvalue weighted by atomic mass is 79.9. The SMILES string of the molecule is O=C(N/N=C\c1cccn1-c1ccc(Br)cc1)c1ccccc1-n1cccc1. The first kappa shape index (κ1) is 18.0. The highest BCUT2D eigenvalue weighted by molar-refractivity contribution is 9.10. The molecule has 138 valence electrons. The van der Waals surface area contributed by atoms with Crippen molar-refractivity contribution in [3.8, 4) is 11.4 Å². The third kappa shape index (κ3) is 3.82. The molecule has 6 heteroatoms. The van der Waals surface area contributed by atoms with E-state index >= 15 is 0 Å². The van der Waals surface area contributed by atoms with Crippen molar-refractivity contribution in [3.05, 3.63) is 107 Å². The number of hydrogen-bond donors (Lipinski definition) is 1. The van der Waals surface area contributed by atoms with Crippen molar-refractivity contribution < 1.29 is 4.79 Å². The molecule has 1 N–H and O–H groups in total. The second-order valence-corrected chi connectivity index (χ2v) is 7.00. The highest BCUT2D eigenvalue weighted by Gasteiger charge is 2.11. The van der Waals surface area contributed by atoms with Crippen LogP contribution in [-0.2, 0) is 0 Å². The van der Waals surface area contributed by atoms with E-state index in [0.29, 0.717) is 5.56 Å². The molecular formula is C22H17BrN4O. The smallest absolute Gasteiger partial charge is 0.273 e. The summed E-state index contributed by atoms with van der Waals surface area (Å²) in [4.78, 5) is 12.6. The van der Waals surface area contributed by atoms with Crippen LogP contribution in [0.2, 0.25) is 0 Å². The Morgan fingerprint density at radius 2 is 1.64 bits per heavy atom. The van der Waals surface area contributed by atoms with Gasteiger partial charge in [-0.15, -0.1) is 0 Å². The fourth-order valence-corrected chi connectivity index (χ4v) is 3.20. The summed E-state index contributed by atoms with van der Waals surface area (Å²) in [5.41, 5.74) is 5.86. The van der Waals surface area contributed by atoms with E-state index in [9.17, 15) is 4.79 Å². The lowest BCUT2D eigenvalue weighted by molar-refractivity contribution is 0.0955. The monoisotopic (exact) mass is 432 g/mol. The van der Waals surface area contributed by atoms with Crippen molar-refractivity contribution in [1.29, 1.82) is 0 Å². The summed E-state index contributed by atoms with van der Waals surface area (Å²) in [6.45, 7) is 0. The number of amides is 1. The third-order valence-electron chi connectivity index (χ3n) is 4.28. The standard InChI is InChI=1S/C22H17BrN4O/c23-17-9-11-18(12-10-17)27-15-5-6-19(27)16-24-25-22(28)20-7-1-2-8-21(20)26-13-3-4-14-26/h1-16H,(H,25,28)/b24-16-. The minimum absolute atomic E-state index is 0.262. The van der Waals surface area contributed by atoms with Gasteiger partial charge >= 0.3 is 0 Å². The predicted octanol–water partition coefficient (Wildman–Crippen LogP) is 4.79. The second kappa shape index (κ2) is 8.10. The van der Waals surface area contributed by atoms with Crippen LogP contribution in [0.15, 0.2) is 101 Å². The summed E-state index contributed by atoms with van der Waals surface area (Å²) in [5.74, 6) is -0.262. The first-order valence-corrected chi connectivity index (χ1v) is 9.51. The number of para-hydroxylation sites is 1. The Labute approximate surface area is 171 Å². The van der Waals surface area contributed by atoms with Gasteiger partial charge in [0.05, 0.1) is 23.2 Å². The summed E-state index contributed by atoms with van der Waals surface area (Å²) >= 11 is 3.44. The van der Waals surface area contributed by atoms with Gasteiger partial charge in [0.25, 0.3) is 5.91 Å². The average molecular weight is 433 g/mol. The summed E-state index contributed by atoms with van der Waals surface area (Å²) in [6.07, 6.45) is 7.40. The van der Waals surface area contributed by atoms with Crippen LogP contribution in [0.4, 0.5) is 0 Å². The predicted molar refractivity (Wildman–Crippen MR) is 114 cm³/mol. The molecule has 0 unspecified atom stereocenters. The van der Waals surface area contributed by atoms with Crippen molar-refractivity contribution in [3.63, 3.8) is 0 Å². The number of rotatable bonds is 5. The molecule has 28 heavy (non-hydrogen) atoms. The molecule has 0 radical (unpaired) electrons. The molecule has 0 aliphatic carbocycles. The molecule has 0 fully saturated rings. The molecular weight excluding hydrogens is 416 g/mol. The lowest BCUT2D eigenvalue weighted by Crippen LogP contribution is -2.19. The fraction of sp³-hybridized carbons (Fsp3) is 0. The Balaban J connectivity index is 1.52. The van der Waals surface area contributed by atoms with Gasteiger partial charge in [-0.1, -0.05) is 28.1 Å². The van der Waals surface area contributed by atoms with Gasteiger partial charge in [0.2, 0.25) is 0 Å². The molecule has 0 atom stereocenters. The van der Waals surface area contributed by atoms with Gasteiger partial charge in [-0.25, -0.2) is 5.43 Å². The van der Waals surface area contributed by atoms with Crippen LogP contribution in [0.3, 0.4) is 0 Å². The lowest BCUT2D eigenvalue weighted by atomic mass is 10.1. The van der Waals surface area contributed by atoms with Crippen LogP contribution in [0.5, 0.6) is 0 Å². The van der Waals surface area contributed by atoms with E-state index in [4.69, 9.17) is 0 Å². The maximum atomic E-state index is 12.6. The number of carbonyl (C=O) groups excluding carboxylic acids is 1. The number of hydrazone groups is 1. The molecule has 4 rings (SSSR count). The Bertz CT molecular complexity index is 1110. The van der Waals surface area contributed by atoms with Crippen molar-refractivity contribution in [1.82, 2.24) is 14.6 Å². The van der Waals surface area contributed by atoms with Crippen molar-refractivity contribution >= 4 is 28.1 Å². The molecule has 0 saturated heterocycles. The molecule has 0 saturated carbocycles. The zero-order valence-electron chi connectivity index (χ0n) is 14.9. The summed E-state index contributed by atoms with van der Waals surface area (Å²) < 4.78 is 4.92. The largest absolute Gasteiger partial charge is 0.323 e. The Kier molecular flexibility index (Phi) is 5.21. The number of carbonyl (C=O) groups is 1. The zero-order chi connectivity index (χ0) is 19.3. The summed E-state index contributed by atoms with van der Waals surface area (Å²) in [5, 5.41) is 4.15. The number of hydrogen-bond acceptors (Lipinski definition) is 2. The molecule has 2 aromatic heterocycles. The maximum Gasteiger partial charge on any atom is 0.273 e. The van der Waals surface area contributed by atoms with Gasteiger partial charge in [0.1, 0.15) is 0 Å². The van der Waals surface area contributed by atoms with Gasteiger partial charge in [-0.05, 0) is 60.7 Å². The van der Waals surface area contributed by atoms with Gasteiger partial charge in [0.15, 0.2) is 0 Å². The highest BCUT2D eigenvalue weighted by Crippen LogP contribution is 2.16. The van der Waals surface area contributed by atoms with E-state index in [0.717, 1.165) is 21.5 Å². The normalized spacial score (nSPS) is 11.0. The van der Waals surface area contributed by atoms with Crippen LogP contribution in [0.1, 0.15) is 16.1 Å². The van der Waals surface area contributed by atoms with Crippen LogP contribution >= 0.6 is 15.9 Å². The molecule has 4 aromatic rings. The molecule has 2 heterocycles. The number of benzene rings is 2. The Hall–Kier alpha value is -3.38. The quantitative estimate of drug-likeness (QED) is 0.357. The fourth-order valence-electron chi connectivity index (χ4n) is 2.94. The molecule has 2 aromatic carbocycles. The van der Waals surface area contributed by atoms with E-state index < -0.39 is 0 Å². The van der Waals surface area contributed by atoms with Crippen LogP contribution in [0, 0.1) is 0 Å². The molecule has 0 aliphatic heterocycles. The van der Waals surface area contributed by atoms with E-state index in [2.05, 4.69) is 26.5 Å². The third-order valence-corrected chi connectivity index (χ3v) is 4.81. The Morgan fingerprint density at radius 3 is 2.43 bits per heavy atom. The lowest BCUT2D eigenvalue weighted by Gasteiger charge is -2.09. The molecule has 5 nitrogen and oxygen atoms in total. The molecule has 0 bridgehead atoms. The first-order valence-electron chi connectivity index (χ1n) is 8.71. The molecule has 1 amide bonds. The summed E-state index contributed by atoms with van der Waals surface area (Å²) in [7, 11) is 0. The van der Waals surface area contributed by atoms with Gasteiger partial charge < -0.3 is 9.13 Å². The van der Waals surface area contributed by atoms with Crippen molar-refractivity contribution in [2.75, 3.05) is 0 Å². The van der Waals surface area contributed by atoms with E-state index in [-0.39, 0.29) is 5.91 Å². The van der Waals surface area contributed by atoms with Crippen LogP contribution < -0.4 is 5.43 Å². The number of aromatic nitrogens is 2. The van der Waals surface area contributed by atoms with E-state index in [1.807, 2.05) is 94.5 Å². The first-order chi connectivity index (χ1) is 13.7. The van der Waals surface area contributed by atoms with Crippen LogP contribution in [0.25, 0.3) is 11.4 Å². The minimum atomic E-state index is -0.262. The van der Waals surface area contributed by atoms with Crippen LogP contribution in [-0.4, -0.2) is 21.3 Å². The maximum absolute atomic E-state index is 12.6. The topological polar surface area (TPSA) is 51.3 Å². The zero-order valence-corrected chi connectivity index (χ0v) is 16.5. The number of halogens is 1. The van der Waals surface area contributed by atoms with E-state index in [1.54, 1.807) is 12.3 Å². The van der Waals surface area contributed by atoms with E-state index in [1.165, 1.54) is 0 Å². The van der Waals surface area contributed by atoms with Crippen molar-refractivity contribution in [2.24, 2.45) is 5.10 Å². The molecule has 0 spiro atoms. The van der Waals surface area contributed by atoms with Gasteiger partial charge in [-0.3, -0.25) is 4.79 Å². The summed E-state index contributed by atoms with van der Waals surface area (Å²) in [6, 6.07) is 23.1. The Morgan fingerprint density at radius 1 is 0.893 bits per heavy atom. The molecule has 0 aliphatic rings. The van der Waals surface area contributed by atoms with Crippen molar-refractivity contribution in [2.45, 2.75) is 0 Å². The van der Waals surface area contributed by atoms with Gasteiger partial charge in [-0.2, -0.15) is 5.10 Å². The van der Waals surface area contributed by atoms with Gasteiger partial charge in [0, 0.05) is 28.8 Å². The minimum Gasteiger partial charge on any atom is -0.323 e. The number of nitrogens with zero attached hydrogens (tertiary/aromatic N) is 3. The number of nitrogens with one attached hydrogen (secondary N) is 1. The second-order valence-electron chi connectivity index (χ2n) is 6.09.